The first-order valence-corrected chi connectivity index (χ1v) is 14.1. The third-order valence-electron chi connectivity index (χ3n) is 7.36. The highest BCUT2D eigenvalue weighted by molar-refractivity contribution is 7.86. The van der Waals surface area contributed by atoms with Crippen molar-refractivity contribution < 1.29 is 41.1 Å². The number of methoxy groups -OCH3 is 2. The fourth-order valence-electron chi connectivity index (χ4n) is 5.18. The van der Waals surface area contributed by atoms with Crippen LogP contribution in [0.5, 0.6) is 28.7 Å². The summed E-state index contributed by atoms with van der Waals surface area (Å²) in [5.74, 6) is 1.75. The summed E-state index contributed by atoms with van der Waals surface area (Å²) in [5.41, 5.74) is 1.58. The first-order chi connectivity index (χ1) is 19.1. The van der Waals surface area contributed by atoms with Crippen molar-refractivity contribution in [2.75, 3.05) is 27.4 Å². The van der Waals surface area contributed by atoms with E-state index in [4.69, 9.17) is 27.9 Å². The molecule has 3 aliphatic heterocycles. The second-order valence-corrected chi connectivity index (χ2v) is 11.8. The summed E-state index contributed by atoms with van der Waals surface area (Å²) < 4.78 is 60.1. The van der Waals surface area contributed by atoms with Crippen molar-refractivity contribution in [3.8, 4) is 28.7 Å². The van der Waals surface area contributed by atoms with Gasteiger partial charge in [-0.3, -0.25) is 8.98 Å². The lowest BCUT2D eigenvalue weighted by molar-refractivity contribution is 0.0540. The van der Waals surface area contributed by atoms with Crippen molar-refractivity contribution >= 4 is 22.0 Å². The van der Waals surface area contributed by atoms with Crippen LogP contribution in [-0.2, 0) is 14.3 Å². The maximum absolute atomic E-state index is 13.8. The zero-order valence-electron chi connectivity index (χ0n) is 22.4. The van der Waals surface area contributed by atoms with Crippen LogP contribution in [0.4, 0.5) is 0 Å². The number of ketones is 1. The number of ether oxygens (including phenoxy) is 5. The number of Topliss-reactive ketones (excluding diaryl/α,β-unsaturated/α-hetero) is 1. The molecule has 0 fully saturated rings. The summed E-state index contributed by atoms with van der Waals surface area (Å²) in [7, 11) is -0.896. The maximum Gasteiger partial charge on any atom is 0.297 e. The van der Waals surface area contributed by atoms with E-state index in [1.807, 2.05) is 6.92 Å². The molecular formula is C30H28O9S. The predicted molar refractivity (Wildman–Crippen MR) is 145 cm³/mol. The summed E-state index contributed by atoms with van der Waals surface area (Å²) in [6.45, 7) is 3.54. The number of carbonyl (C=O) groups excluding carboxylic acids is 1. The number of carbonyl (C=O) groups is 1. The lowest BCUT2D eigenvalue weighted by atomic mass is 9.81. The molecule has 0 aliphatic carbocycles. The predicted octanol–water partition coefficient (Wildman–Crippen LogP) is 4.70. The topological polar surface area (TPSA) is 107 Å². The van der Waals surface area contributed by atoms with Gasteiger partial charge in [0.15, 0.2) is 17.3 Å². The van der Waals surface area contributed by atoms with E-state index < -0.39 is 27.7 Å². The average Bonchev–Trinajstić information content (AvgIpc) is 2.95. The Balaban J connectivity index is 1.26. The molecule has 0 bridgehead atoms. The van der Waals surface area contributed by atoms with Gasteiger partial charge in [-0.25, -0.2) is 0 Å². The number of fused-ring (bicyclic) bond motifs is 6. The molecule has 3 aromatic rings. The van der Waals surface area contributed by atoms with Gasteiger partial charge in [-0.2, -0.15) is 8.42 Å². The van der Waals surface area contributed by atoms with Gasteiger partial charge >= 0.3 is 0 Å². The molecule has 40 heavy (non-hydrogen) atoms. The summed E-state index contributed by atoms with van der Waals surface area (Å²) in [6.07, 6.45) is 2.93. The van der Waals surface area contributed by atoms with Crippen LogP contribution in [0.25, 0.3) is 6.08 Å². The summed E-state index contributed by atoms with van der Waals surface area (Å²) >= 11 is 0. The van der Waals surface area contributed by atoms with Crippen LogP contribution in [0.2, 0.25) is 0 Å². The summed E-state index contributed by atoms with van der Waals surface area (Å²) in [5, 5.41) is 0. The first kappa shape index (κ1) is 26.2. The number of hydrogen-bond donors (Lipinski definition) is 0. The first-order valence-electron chi connectivity index (χ1n) is 12.7. The minimum atomic E-state index is -3.97. The molecule has 3 aromatic carbocycles. The lowest BCUT2D eigenvalue weighted by Gasteiger charge is -2.39. The molecule has 3 atom stereocenters. The number of hydrogen-bond acceptors (Lipinski definition) is 9. The molecule has 0 N–H and O–H groups in total. The zero-order valence-corrected chi connectivity index (χ0v) is 23.2. The Morgan fingerprint density at radius 3 is 2.45 bits per heavy atom. The van der Waals surface area contributed by atoms with E-state index in [-0.39, 0.29) is 23.9 Å². The van der Waals surface area contributed by atoms with Gasteiger partial charge in [0, 0.05) is 11.6 Å². The molecule has 9 nitrogen and oxygen atoms in total. The normalized spacial score (nSPS) is 22.4. The third kappa shape index (κ3) is 4.37. The Bertz CT molecular complexity index is 1640. The molecular weight excluding hydrogens is 536 g/mol. The van der Waals surface area contributed by atoms with E-state index in [0.29, 0.717) is 45.4 Å². The molecule has 6 rings (SSSR count). The van der Waals surface area contributed by atoms with Crippen LogP contribution in [0.1, 0.15) is 39.9 Å². The van der Waals surface area contributed by atoms with Gasteiger partial charge in [-0.15, -0.1) is 0 Å². The highest BCUT2D eigenvalue weighted by Gasteiger charge is 2.45. The van der Waals surface area contributed by atoms with Gasteiger partial charge in [-0.1, -0.05) is 17.7 Å². The van der Waals surface area contributed by atoms with Crippen LogP contribution in [0, 0.1) is 6.92 Å². The van der Waals surface area contributed by atoms with Crippen molar-refractivity contribution in [3.63, 3.8) is 0 Å². The van der Waals surface area contributed by atoms with Gasteiger partial charge in [0.2, 0.25) is 0 Å². The van der Waals surface area contributed by atoms with E-state index in [1.165, 1.54) is 19.2 Å². The smallest absolute Gasteiger partial charge is 0.297 e. The van der Waals surface area contributed by atoms with Crippen molar-refractivity contribution in [1.29, 1.82) is 0 Å². The minimum Gasteiger partial charge on any atom is -0.493 e. The molecule has 0 radical (unpaired) electrons. The quantitative estimate of drug-likeness (QED) is 0.394. The van der Waals surface area contributed by atoms with Crippen molar-refractivity contribution in [2.24, 2.45) is 0 Å². The highest BCUT2D eigenvalue weighted by Crippen LogP contribution is 2.49. The summed E-state index contributed by atoms with van der Waals surface area (Å²) in [4.78, 5) is 13.9. The lowest BCUT2D eigenvalue weighted by Crippen LogP contribution is -2.43. The molecule has 208 valence electrons. The van der Waals surface area contributed by atoms with Crippen molar-refractivity contribution in [3.05, 3.63) is 76.9 Å². The number of rotatable bonds is 6. The second-order valence-electron chi connectivity index (χ2n) is 10.2. The molecule has 0 saturated carbocycles. The van der Waals surface area contributed by atoms with E-state index in [2.05, 4.69) is 0 Å². The van der Waals surface area contributed by atoms with Crippen LogP contribution in [0.3, 0.4) is 0 Å². The number of benzene rings is 3. The molecule has 10 heteroatoms. The SMILES string of the molecule is COc1cc2c(cc1OC)[C@@H]1C(=O)c3ccc4c(c3O[C@@H]1CO2)C=CC(C)(COS(=O)(=O)c1ccc(C)cc1)O4. The van der Waals surface area contributed by atoms with Crippen LogP contribution >= 0.6 is 0 Å². The van der Waals surface area contributed by atoms with Crippen LogP contribution in [-0.4, -0.2) is 53.3 Å². The third-order valence-corrected chi connectivity index (χ3v) is 8.63. The zero-order chi connectivity index (χ0) is 28.2. The van der Waals surface area contributed by atoms with Crippen LogP contribution < -0.4 is 23.7 Å². The molecule has 0 aromatic heterocycles. The average molecular weight is 565 g/mol. The molecule has 0 saturated heterocycles. The molecule has 0 amide bonds. The largest absolute Gasteiger partial charge is 0.493 e. The fourth-order valence-corrected chi connectivity index (χ4v) is 6.18. The van der Waals surface area contributed by atoms with Gasteiger partial charge in [0.05, 0.1) is 36.2 Å². The Labute approximate surface area is 232 Å². The van der Waals surface area contributed by atoms with E-state index in [1.54, 1.807) is 62.6 Å². The Kier molecular flexibility index (Phi) is 6.27. The molecule has 3 heterocycles. The minimum absolute atomic E-state index is 0.0739. The van der Waals surface area contributed by atoms with Crippen LogP contribution in [0.15, 0.2) is 59.5 Å². The van der Waals surface area contributed by atoms with Crippen molar-refractivity contribution in [2.45, 2.75) is 36.4 Å². The monoisotopic (exact) mass is 564 g/mol. The van der Waals surface area contributed by atoms with Gasteiger partial charge in [-0.05, 0) is 56.3 Å². The summed E-state index contributed by atoms with van der Waals surface area (Å²) in [6, 6.07) is 13.3. The second kappa shape index (κ2) is 9.57. The van der Waals surface area contributed by atoms with E-state index in [0.717, 1.165) is 5.56 Å². The Morgan fingerprint density at radius 2 is 1.73 bits per heavy atom. The van der Waals surface area contributed by atoms with Gasteiger partial charge in [0.25, 0.3) is 10.1 Å². The van der Waals surface area contributed by atoms with Crippen molar-refractivity contribution in [1.82, 2.24) is 0 Å². The fraction of sp³-hybridized carbons (Fsp3) is 0.300. The number of aryl methyl sites for hydroxylation is 1. The molecule has 3 aliphatic rings. The van der Waals surface area contributed by atoms with E-state index >= 15 is 0 Å². The highest BCUT2D eigenvalue weighted by atomic mass is 32.2. The maximum atomic E-state index is 13.8. The Morgan fingerprint density at radius 1 is 1.00 bits per heavy atom. The standard InChI is InChI=1S/C30H28O9S/c1-17-5-7-18(8-6-17)40(32,33)37-16-30(2)12-11-19-22(39-30)10-9-20-28(31)27-21-13-24(34-3)25(35-4)14-23(21)36-15-26(27)38-29(19)20/h5-14,26-27H,15-16H2,1-4H3/t26-,27+,30?/m1/s1. The van der Waals surface area contributed by atoms with Gasteiger partial charge < -0.3 is 23.7 Å². The molecule has 1 unspecified atom stereocenters. The van der Waals surface area contributed by atoms with E-state index in [9.17, 15) is 13.2 Å². The molecule has 0 spiro atoms. The Hall–Kier alpha value is -4.02. The van der Waals surface area contributed by atoms with Gasteiger partial charge in [0.1, 0.15) is 42.2 Å².